The van der Waals surface area contributed by atoms with Crippen LogP contribution in [0.1, 0.15) is 23.7 Å². The number of hydrogen-bond acceptors (Lipinski definition) is 2. The van der Waals surface area contributed by atoms with Crippen molar-refractivity contribution in [3.63, 3.8) is 0 Å². The molecular formula is C12H13F2NO3. The minimum Gasteiger partial charge on any atom is -0.481 e. The van der Waals surface area contributed by atoms with Gasteiger partial charge in [0.25, 0.3) is 5.91 Å². The van der Waals surface area contributed by atoms with Crippen molar-refractivity contribution in [1.29, 1.82) is 0 Å². The Labute approximate surface area is 103 Å². The van der Waals surface area contributed by atoms with Gasteiger partial charge in [-0.1, -0.05) is 6.92 Å². The van der Waals surface area contributed by atoms with Gasteiger partial charge in [-0.15, -0.1) is 0 Å². The lowest BCUT2D eigenvalue weighted by molar-refractivity contribution is -0.141. The molecule has 0 spiro atoms. The molecule has 1 amide bonds. The topological polar surface area (TPSA) is 66.4 Å². The summed E-state index contributed by atoms with van der Waals surface area (Å²) in [6.07, 6.45) is 0.354. The number of amides is 1. The second-order valence-electron chi connectivity index (χ2n) is 3.81. The summed E-state index contributed by atoms with van der Waals surface area (Å²) in [5, 5.41) is 11.1. The van der Waals surface area contributed by atoms with E-state index < -0.39 is 29.4 Å². The van der Waals surface area contributed by atoms with E-state index in [2.05, 4.69) is 5.32 Å². The standard InChI is InChI=1S/C12H13F2NO3/c1-2-7(12(17)18)6-15-11(16)8-3-9(13)5-10(14)4-8/h3-5,7H,2,6H2,1H3,(H,15,16)(H,17,18). The zero-order chi connectivity index (χ0) is 13.7. The van der Waals surface area contributed by atoms with Crippen LogP contribution in [0.25, 0.3) is 0 Å². The van der Waals surface area contributed by atoms with Crippen molar-refractivity contribution in [3.05, 3.63) is 35.4 Å². The van der Waals surface area contributed by atoms with E-state index in [9.17, 15) is 18.4 Å². The number of carbonyl (C=O) groups excluding carboxylic acids is 1. The molecule has 0 fully saturated rings. The van der Waals surface area contributed by atoms with Gasteiger partial charge in [0.2, 0.25) is 0 Å². The molecule has 4 nitrogen and oxygen atoms in total. The van der Waals surface area contributed by atoms with Gasteiger partial charge in [0.1, 0.15) is 11.6 Å². The first-order valence-corrected chi connectivity index (χ1v) is 5.41. The lowest BCUT2D eigenvalue weighted by atomic mass is 10.1. The lowest BCUT2D eigenvalue weighted by Gasteiger charge is -2.11. The van der Waals surface area contributed by atoms with Gasteiger partial charge < -0.3 is 10.4 Å². The number of aliphatic carboxylic acids is 1. The Morgan fingerprint density at radius 1 is 1.28 bits per heavy atom. The van der Waals surface area contributed by atoms with Crippen molar-refractivity contribution in [2.24, 2.45) is 5.92 Å². The Kier molecular flexibility index (Phi) is 4.76. The van der Waals surface area contributed by atoms with Gasteiger partial charge in [-0.3, -0.25) is 9.59 Å². The summed E-state index contributed by atoms with van der Waals surface area (Å²) in [7, 11) is 0. The smallest absolute Gasteiger partial charge is 0.308 e. The highest BCUT2D eigenvalue weighted by atomic mass is 19.1. The molecule has 2 N–H and O–H groups in total. The number of halogens is 2. The third-order valence-corrected chi connectivity index (χ3v) is 2.48. The molecule has 6 heteroatoms. The van der Waals surface area contributed by atoms with Crippen LogP contribution in [0.5, 0.6) is 0 Å². The molecule has 1 aromatic rings. The van der Waals surface area contributed by atoms with E-state index in [1.165, 1.54) is 0 Å². The van der Waals surface area contributed by atoms with Crippen LogP contribution in [0.3, 0.4) is 0 Å². The number of carboxylic acids is 1. The molecule has 18 heavy (non-hydrogen) atoms. The van der Waals surface area contributed by atoms with Crippen LogP contribution < -0.4 is 5.32 Å². The number of benzene rings is 1. The van der Waals surface area contributed by atoms with Gasteiger partial charge in [-0.05, 0) is 18.6 Å². The highest BCUT2D eigenvalue weighted by molar-refractivity contribution is 5.94. The van der Waals surface area contributed by atoms with Crippen molar-refractivity contribution in [3.8, 4) is 0 Å². The van der Waals surface area contributed by atoms with Gasteiger partial charge >= 0.3 is 5.97 Å². The number of carboxylic acid groups (broad SMARTS) is 1. The van der Waals surface area contributed by atoms with Crippen molar-refractivity contribution in [2.45, 2.75) is 13.3 Å². The van der Waals surface area contributed by atoms with Gasteiger partial charge in [0.15, 0.2) is 0 Å². The zero-order valence-corrected chi connectivity index (χ0v) is 9.74. The van der Waals surface area contributed by atoms with Gasteiger partial charge in [0.05, 0.1) is 5.92 Å². The first-order valence-electron chi connectivity index (χ1n) is 5.41. The number of hydrogen-bond donors (Lipinski definition) is 2. The van der Waals surface area contributed by atoms with Crippen molar-refractivity contribution in [1.82, 2.24) is 5.32 Å². The van der Waals surface area contributed by atoms with Gasteiger partial charge in [0, 0.05) is 18.2 Å². The second-order valence-corrected chi connectivity index (χ2v) is 3.81. The molecule has 0 aliphatic heterocycles. The Morgan fingerprint density at radius 3 is 2.28 bits per heavy atom. The molecule has 0 radical (unpaired) electrons. The van der Waals surface area contributed by atoms with Crippen LogP contribution >= 0.6 is 0 Å². The Bertz CT molecular complexity index is 442. The molecule has 0 aromatic heterocycles. The Balaban J connectivity index is 2.68. The van der Waals surface area contributed by atoms with Crippen molar-refractivity contribution >= 4 is 11.9 Å². The molecule has 0 aliphatic carbocycles. The molecule has 0 heterocycles. The maximum Gasteiger partial charge on any atom is 0.308 e. The van der Waals surface area contributed by atoms with E-state index in [0.717, 1.165) is 12.1 Å². The second kappa shape index (κ2) is 6.09. The quantitative estimate of drug-likeness (QED) is 0.845. The predicted octanol–water partition coefficient (Wildman–Crippen LogP) is 1.81. The molecular weight excluding hydrogens is 244 g/mol. The molecule has 98 valence electrons. The third kappa shape index (κ3) is 3.80. The maximum absolute atomic E-state index is 12.9. The molecule has 0 bridgehead atoms. The predicted molar refractivity (Wildman–Crippen MR) is 60.1 cm³/mol. The summed E-state index contributed by atoms with van der Waals surface area (Å²) in [5.74, 6) is -4.15. The van der Waals surface area contributed by atoms with E-state index in [0.29, 0.717) is 12.5 Å². The van der Waals surface area contributed by atoms with Crippen LogP contribution in [0.15, 0.2) is 18.2 Å². The maximum atomic E-state index is 12.9. The SMILES string of the molecule is CCC(CNC(=O)c1cc(F)cc(F)c1)C(=O)O. The largest absolute Gasteiger partial charge is 0.481 e. The Morgan fingerprint density at radius 2 is 1.83 bits per heavy atom. The summed E-state index contributed by atoms with van der Waals surface area (Å²) in [5.41, 5.74) is -0.173. The summed E-state index contributed by atoms with van der Waals surface area (Å²) < 4.78 is 25.7. The van der Waals surface area contributed by atoms with E-state index >= 15 is 0 Å². The van der Waals surface area contributed by atoms with E-state index in [4.69, 9.17) is 5.11 Å². The van der Waals surface area contributed by atoms with Crippen molar-refractivity contribution < 1.29 is 23.5 Å². The molecule has 1 unspecified atom stereocenters. The van der Waals surface area contributed by atoms with Crippen LogP contribution in [0.2, 0.25) is 0 Å². The van der Waals surface area contributed by atoms with E-state index in [1.54, 1.807) is 6.92 Å². The van der Waals surface area contributed by atoms with Crippen LogP contribution in [-0.2, 0) is 4.79 Å². The molecule has 0 saturated heterocycles. The third-order valence-electron chi connectivity index (χ3n) is 2.48. The van der Waals surface area contributed by atoms with E-state index in [-0.39, 0.29) is 12.1 Å². The molecule has 0 saturated carbocycles. The first-order chi connectivity index (χ1) is 8.43. The summed E-state index contributed by atoms with van der Waals surface area (Å²) >= 11 is 0. The van der Waals surface area contributed by atoms with Crippen molar-refractivity contribution in [2.75, 3.05) is 6.54 Å². The van der Waals surface area contributed by atoms with Gasteiger partial charge in [-0.2, -0.15) is 0 Å². The average molecular weight is 257 g/mol. The summed E-state index contributed by atoms with van der Waals surface area (Å²) in [4.78, 5) is 22.3. The normalized spacial score (nSPS) is 11.9. The first kappa shape index (κ1) is 14.1. The number of nitrogens with one attached hydrogen (secondary N) is 1. The summed E-state index contributed by atoms with van der Waals surface area (Å²) in [6, 6.07) is 2.43. The number of carbonyl (C=O) groups is 2. The fourth-order valence-corrected chi connectivity index (χ4v) is 1.41. The van der Waals surface area contributed by atoms with Crippen LogP contribution in [-0.4, -0.2) is 23.5 Å². The molecule has 1 atom stereocenters. The van der Waals surface area contributed by atoms with Crippen LogP contribution in [0.4, 0.5) is 8.78 Å². The minimum absolute atomic E-state index is 0.0806. The zero-order valence-electron chi connectivity index (χ0n) is 9.74. The molecule has 1 aromatic carbocycles. The number of rotatable bonds is 5. The lowest BCUT2D eigenvalue weighted by Crippen LogP contribution is -2.32. The average Bonchev–Trinajstić information content (AvgIpc) is 2.27. The summed E-state index contributed by atoms with van der Waals surface area (Å²) in [6.45, 7) is 1.59. The highest BCUT2D eigenvalue weighted by Crippen LogP contribution is 2.08. The van der Waals surface area contributed by atoms with E-state index in [1.807, 2.05) is 0 Å². The fourth-order valence-electron chi connectivity index (χ4n) is 1.41. The van der Waals surface area contributed by atoms with Crippen LogP contribution in [0, 0.1) is 17.6 Å². The minimum atomic E-state index is -1.02. The molecule has 0 aliphatic rings. The molecule has 1 rings (SSSR count). The fraction of sp³-hybridized carbons (Fsp3) is 0.333. The Hall–Kier alpha value is -1.98. The highest BCUT2D eigenvalue weighted by Gasteiger charge is 2.17. The van der Waals surface area contributed by atoms with Gasteiger partial charge in [-0.25, -0.2) is 8.78 Å². The monoisotopic (exact) mass is 257 g/mol.